The van der Waals surface area contributed by atoms with Crippen molar-refractivity contribution in [2.75, 3.05) is 11.4 Å². The van der Waals surface area contributed by atoms with Gasteiger partial charge in [-0.1, -0.05) is 6.07 Å². The van der Waals surface area contributed by atoms with Crippen LogP contribution in [0.4, 0.5) is 10.1 Å². The van der Waals surface area contributed by atoms with E-state index in [1.165, 1.54) is 19.2 Å². The molecule has 6 heteroatoms. The molecular formula is C8H11FN2O2S. The van der Waals surface area contributed by atoms with Crippen LogP contribution in [-0.2, 0) is 17.8 Å². The first-order valence-corrected chi connectivity index (χ1v) is 4.96. The summed E-state index contributed by atoms with van der Waals surface area (Å²) >= 11 is -2.22. The SMILES string of the molecule is CN(c1ccc(CN)cc1F)S(=O)O. The van der Waals surface area contributed by atoms with Gasteiger partial charge in [0.2, 0.25) is 0 Å². The van der Waals surface area contributed by atoms with Crippen molar-refractivity contribution in [1.29, 1.82) is 0 Å². The quantitative estimate of drug-likeness (QED) is 0.739. The Labute approximate surface area is 83.9 Å². The molecule has 4 nitrogen and oxygen atoms in total. The predicted octanol–water partition coefficient (Wildman–Crippen LogP) is 0.857. The average Bonchev–Trinajstić information content (AvgIpc) is 2.16. The first kappa shape index (κ1) is 11.1. The lowest BCUT2D eigenvalue weighted by atomic mass is 10.2. The van der Waals surface area contributed by atoms with Gasteiger partial charge in [0.25, 0.3) is 11.3 Å². The Morgan fingerprint density at radius 3 is 2.71 bits per heavy atom. The molecule has 1 aromatic carbocycles. The molecule has 0 aliphatic carbocycles. The zero-order valence-corrected chi connectivity index (χ0v) is 8.42. The van der Waals surface area contributed by atoms with E-state index in [0.717, 1.165) is 4.31 Å². The molecule has 0 bridgehead atoms. The van der Waals surface area contributed by atoms with Crippen LogP contribution in [0.15, 0.2) is 18.2 Å². The lowest BCUT2D eigenvalue weighted by Crippen LogP contribution is -2.20. The van der Waals surface area contributed by atoms with Crippen LogP contribution in [-0.4, -0.2) is 15.8 Å². The second-order valence-corrected chi connectivity index (χ2v) is 3.73. The van der Waals surface area contributed by atoms with Crippen LogP contribution in [0.3, 0.4) is 0 Å². The maximum atomic E-state index is 13.3. The third kappa shape index (κ3) is 2.28. The van der Waals surface area contributed by atoms with Gasteiger partial charge in [-0.2, -0.15) is 0 Å². The number of nitrogens with zero attached hydrogens (tertiary/aromatic N) is 1. The highest BCUT2D eigenvalue weighted by atomic mass is 32.2. The molecule has 0 spiro atoms. The summed E-state index contributed by atoms with van der Waals surface area (Å²) in [4.78, 5) is 0. The summed E-state index contributed by atoms with van der Waals surface area (Å²) in [7, 11) is 1.33. The van der Waals surface area contributed by atoms with Crippen molar-refractivity contribution >= 4 is 17.0 Å². The van der Waals surface area contributed by atoms with Gasteiger partial charge in [-0.15, -0.1) is 0 Å². The number of hydrogen-bond donors (Lipinski definition) is 2. The van der Waals surface area contributed by atoms with Gasteiger partial charge in [-0.05, 0) is 17.7 Å². The monoisotopic (exact) mass is 218 g/mol. The molecular weight excluding hydrogens is 207 g/mol. The largest absolute Gasteiger partial charge is 0.326 e. The van der Waals surface area contributed by atoms with Crippen LogP contribution < -0.4 is 10.0 Å². The van der Waals surface area contributed by atoms with E-state index in [2.05, 4.69) is 0 Å². The number of benzene rings is 1. The topological polar surface area (TPSA) is 66.6 Å². The van der Waals surface area contributed by atoms with Crippen molar-refractivity contribution in [3.63, 3.8) is 0 Å². The Balaban J connectivity index is 3.05. The molecule has 0 saturated carbocycles. The Morgan fingerprint density at radius 2 is 2.29 bits per heavy atom. The maximum absolute atomic E-state index is 13.3. The molecule has 0 fully saturated rings. The van der Waals surface area contributed by atoms with Crippen molar-refractivity contribution in [3.8, 4) is 0 Å². The summed E-state index contributed by atoms with van der Waals surface area (Å²) in [6, 6.07) is 4.28. The fourth-order valence-electron chi connectivity index (χ4n) is 1.02. The molecule has 0 aliphatic rings. The van der Waals surface area contributed by atoms with E-state index in [-0.39, 0.29) is 12.2 Å². The molecule has 0 heterocycles. The molecule has 1 atom stereocenters. The Kier molecular flexibility index (Phi) is 3.56. The minimum Gasteiger partial charge on any atom is -0.326 e. The summed E-state index contributed by atoms with van der Waals surface area (Å²) in [5.41, 5.74) is 6.03. The second-order valence-electron chi connectivity index (χ2n) is 2.72. The van der Waals surface area contributed by atoms with Crippen LogP contribution in [0.25, 0.3) is 0 Å². The summed E-state index contributed by atoms with van der Waals surface area (Å²) in [5, 5.41) is 0. The first-order valence-electron chi connectivity index (χ1n) is 3.89. The lowest BCUT2D eigenvalue weighted by Gasteiger charge is -2.14. The van der Waals surface area contributed by atoms with Gasteiger partial charge in [-0.25, -0.2) is 8.60 Å². The van der Waals surface area contributed by atoms with Gasteiger partial charge in [0, 0.05) is 13.6 Å². The molecule has 1 rings (SSSR count). The fraction of sp³-hybridized carbons (Fsp3) is 0.250. The van der Waals surface area contributed by atoms with Crippen molar-refractivity contribution in [3.05, 3.63) is 29.6 Å². The third-order valence-corrected chi connectivity index (χ3v) is 2.49. The standard InChI is InChI=1S/C8H11FN2O2S/c1-11(14(12)13)8-3-2-6(5-10)4-7(8)9/h2-4H,5,10H2,1H3,(H,12,13). The molecule has 0 aliphatic heterocycles. The predicted molar refractivity (Wildman–Crippen MR) is 53.5 cm³/mol. The molecule has 0 aromatic heterocycles. The molecule has 3 N–H and O–H groups in total. The average molecular weight is 218 g/mol. The molecule has 0 radical (unpaired) electrons. The smallest absolute Gasteiger partial charge is 0.261 e. The van der Waals surface area contributed by atoms with Gasteiger partial charge in [0.1, 0.15) is 5.82 Å². The van der Waals surface area contributed by atoms with Gasteiger partial charge < -0.3 is 5.73 Å². The number of rotatable bonds is 3. The minimum absolute atomic E-state index is 0.0723. The molecule has 0 amide bonds. The van der Waals surface area contributed by atoms with E-state index < -0.39 is 17.1 Å². The van der Waals surface area contributed by atoms with E-state index >= 15 is 0 Å². The fourth-order valence-corrected chi connectivity index (χ4v) is 1.33. The van der Waals surface area contributed by atoms with E-state index in [0.29, 0.717) is 5.56 Å². The van der Waals surface area contributed by atoms with E-state index in [1.54, 1.807) is 6.07 Å². The van der Waals surface area contributed by atoms with Gasteiger partial charge in [0.05, 0.1) is 5.69 Å². The third-order valence-electron chi connectivity index (χ3n) is 1.82. The molecule has 0 saturated heterocycles. The normalized spacial score (nSPS) is 12.6. The zero-order valence-electron chi connectivity index (χ0n) is 7.61. The molecule has 78 valence electrons. The van der Waals surface area contributed by atoms with Crippen LogP contribution >= 0.6 is 0 Å². The lowest BCUT2D eigenvalue weighted by molar-refractivity contribution is 0.559. The highest BCUT2D eigenvalue weighted by Crippen LogP contribution is 2.19. The first-order chi connectivity index (χ1) is 6.56. The zero-order chi connectivity index (χ0) is 10.7. The Hall–Kier alpha value is -0.980. The van der Waals surface area contributed by atoms with Crippen molar-refractivity contribution < 1.29 is 13.2 Å². The minimum atomic E-state index is -2.22. The number of nitrogens with two attached hydrogens (primary N) is 1. The van der Waals surface area contributed by atoms with Gasteiger partial charge in [0.15, 0.2) is 0 Å². The van der Waals surface area contributed by atoms with Crippen LogP contribution in [0.2, 0.25) is 0 Å². The highest BCUT2D eigenvalue weighted by molar-refractivity contribution is 7.80. The Bertz CT molecular complexity index is 359. The number of halogens is 1. The van der Waals surface area contributed by atoms with Gasteiger partial charge in [-0.3, -0.25) is 8.86 Å². The van der Waals surface area contributed by atoms with E-state index in [9.17, 15) is 8.60 Å². The van der Waals surface area contributed by atoms with Crippen LogP contribution in [0.5, 0.6) is 0 Å². The molecule has 1 unspecified atom stereocenters. The molecule has 1 aromatic rings. The second kappa shape index (κ2) is 4.50. The van der Waals surface area contributed by atoms with Crippen LogP contribution in [0.1, 0.15) is 5.56 Å². The summed E-state index contributed by atoms with van der Waals surface area (Å²) in [5.74, 6) is -0.558. The van der Waals surface area contributed by atoms with Gasteiger partial charge >= 0.3 is 0 Å². The highest BCUT2D eigenvalue weighted by Gasteiger charge is 2.11. The van der Waals surface area contributed by atoms with Crippen molar-refractivity contribution in [2.45, 2.75) is 6.54 Å². The summed E-state index contributed by atoms with van der Waals surface area (Å²) in [6.45, 7) is 0.239. The van der Waals surface area contributed by atoms with Crippen molar-refractivity contribution in [2.24, 2.45) is 5.73 Å². The van der Waals surface area contributed by atoms with Crippen LogP contribution in [0, 0.1) is 5.82 Å². The summed E-state index contributed by atoms with van der Waals surface area (Å²) in [6.07, 6.45) is 0. The van der Waals surface area contributed by atoms with E-state index in [4.69, 9.17) is 10.3 Å². The number of hydrogen-bond acceptors (Lipinski definition) is 2. The Morgan fingerprint density at radius 1 is 1.64 bits per heavy atom. The van der Waals surface area contributed by atoms with Crippen molar-refractivity contribution in [1.82, 2.24) is 0 Å². The maximum Gasteiger partial charge on any atom is 0.261 e. The number of anilines is 1. The summed E-state index contributed by atoms with van der Waals surface area (Å²) < 4.78 is 33.6. The molecule has 14 heavy (non-hydrogen) atoms. The van der Waals surface area contributed by atoms with E-state index in [1.807, 2.05) is 0 Å².